The topological polar surface area (TPSA) is 149 Å². The Balaban J connectivity index is 1.55. The Bertz CT molecular complexity index is 1720. The fourth-order valence-corrected chi connectivity index (χ4v) is 8.33. The van der Waals surface area contributed by atoms with Gasteiger partial charge < -0.3 is 34.3 Å². The molecule has 2 unspecified atom stereocenters. The standard InChI is InChI=1S/C38H46O10/c1-20(2)9-10-24-31-23(12-14-36(8,46-31)15-13-27(40)34(4,5)44)29(41)28-30(42)25-17-22-18-26-35(6,7)48-37(33(22)43,16-11-21(3)45-19-39)38(25,26)47-32(24)28/h9,11-12,14,17,19,22,26-27,40-41,44H,10,13,15-16,18H2,1-8H3/b21-11-/t22-,26?,27?,36+,37-,38-/m1/s1. The molecule has 0 aromatic heterocycles. The Morgan fingerprint density at radius 2 is 1.83 bits per heavy atom. The molecule has 1 spiro atoms. The lowest BCUT2D eigenvalue weighted by atomic mass is 9.51. The number of aromatic hydroxyl groups is 1. The van der Waals surface area contributed by atoms with E-state index in [4.69, 9.17) is 18.9 Å². The molecular formula is C38H46O10. The summed E-state index contributed by atoms with van der Waals surface area (Å²) in [6, 6.07) is 0. The quantitative estimate of drug-likeness (QED) is 0.168. The molecule has 0 radical (unpaired) electrons. The summed E-state index contributed by atoms with van der Waals surface area (Å²) < 4.78 is 25.6. The maximum absolute atomic E-state index is 14.8. The zero-order valence-corrected chi connectivity index (χ0v) is 28.9. The third-order valence-electron chi connectivity index (χ3n) is 10.9. The van der Waals surface area contributed by atoms with Crippen LogP contribution in [0.3, 0.4) is 0 Å². The molecule has 4 bridgehead atoms. The van der Waals surface area contributed by atoms with Crippen molar-refractivity contribution in [3.63, 3.8) is 0 Å². The lowest BCUT2D eigenvalue weighted by Gasteiger charge is -2.56. The van der Waals surface area contributed by atoms with E-state index < -0.39 is 51.7 Å². The molecule has 1 saturated carbocycles. The van der Waals surface area contributed by atoms with E-state index in [1.54, 1.807) is 45.1 Å². The van der Waals surface area contributed by atoms with Crippen LogP contribution in [0.5, 0.6) is 17.2 Å². The summed E-state index contributed by atoms with van der Waals surface area (Å²) >= 11 is 0. The van der Waals surface area contributed by atoms with Gasteiger partial charge in [-0.1, -0.05) is 17.7 Å². The minimum Gasteiger partial charge on any atom is -0.506 e. The normalized spacial score (nSPS) is 31.5. The zero-order valence-electron chi connectivity index (χ0n) is 28.9. The molecular weight excluding hydrogens is 616 g/mol. The van der Waals surface area contributed by atoms with Crippen LogP contribution in [0, 0.1) is 11.8 Å². The number of Topliss-reactive ketones (excluding diaryl/α,β-unsaturated/α-hetero) is 2. The zero-order chi connectivity index (χ0) is 35.2. The summed E-state index contributed by atoms with van der Waals surface area (Å²) in [5.74, 6) is -1.11. The SMILES string of the molecule is CC(C)=CCc1c2c(c(O)c3c1O[C@]14C(=C[C@@H]5CC1C(C)(C)O[C@]4(C/C=C(/C)OC=O)C5=O)C3=O)C=C[C@@](C)(CCC(O)C(C)(C)O)O2. The number of phenols is 1. The minimum absolute atomic E-state index is 0.00293. The highest BCUT2D eigenvalue weighted by Crippen LogP contribution is 2.68. The first-order valence-corrected chi connectivity index (χ1v) is 16.6. The van der Waals surface area contributed by atoms with Crippen LogP contribution in [0.2, 0.25) is 0 Å². The maximum atomic E-state index is 14.8. The molecule has 1 saturated heterocycles. The molecule has 1 aromatic carbocycles. The second-order valence-electron chi connectivity index (χ2n) is 15.5. The number of aliphatic hydroxyl groups excluding tert-OH is 1. The number of carbonyl (C=O) groups is 3. The summed E-state index contributed by atoms with van der Waals surface area (Å²) in [4.78, 5) is 40.2. The van der Waals surface area contributed by atoms with Crippen molar-refractivity contribution in [2.75, 3.05) is 0 Å². The monoisotopic (exact) mass is 662 g/mol. The summed E-state index contributed by atoms with van der Waals surface area (Å²) in [7, 11) is 0. The Morgan fingerprint density at radius 3 is 2.48 bits per heavy atom. The van der Waals surface area contributed by atoms with Gasteiger partial charge in [-0.2, -0.15) is 0 Å². The van der Waals surface area contributed by atoms with Crippen molar-refractivity contribution in [1.82, 2.24) is 0 Å². The number of ether oxygens (including phenoxy) is 4. The largest absolute Gasteiger partial charge is 0.506 e. The van der Waals surface area contributed by atoms with Crippen molar-refractivity contribution >= 4 is 24.1 Å². The van der Waals surface area contributed by atoms with E-state index in [9.17, 15) is 29.7 Å². The van der Waals surface area contributed by atoms with Crippen LogP contribution in [-0.4, -0.2) is 67.5 Å². The van der Waals surface area contributed by atoms with E-state index >= 15 is 0 Å². The van der Waals surface area contributed by atoms with Gasteiger partial charge in [0.1, 0.15) is 34.2 Å². The van der Waals surface area contributed by atoms with Crippen LogP contribution in [-0.2, 0) is 25.5 Å². The van der Waals surface area contributed by atoms with Gasteiger partial charge in [0.05, 0.1) is 22.9 Å². The smallest absolute Gasteiger partial charge is 0.298 e. The van der Waals surface area contributed by atoms with E-state index in [1.807, 2.05) is 40.7 Å². The molecule has 7 rings (SSSR count). The first kappa shape index (κ1) is 34.1. The molecule has 3 N–H and O–H groups in total. The van der Waals surface area contributed by atoms with Crippen molar-refractivity contribution in [2.24, 2.45) is 11.8 Å². The van der Waals surface area contributed by atoms with Crippen LogP contribution in [0.15, 0.2) is 41.2 Å². The molecule has 6 atom stereocenters. The lowest BCUT2D eigenvalue weighted by Crippen LogP contribution is -2.72. The molecule has 10 heteroatoms. The van der Waals surface area contributed by atoms with Crippen molar-refractivity contribution in [3.05, 3.63) is 57.9 Å². The summed E-state index contributed by atoms with van der Waals surface area (Å²) in [6.45, 7) is 14.6. The maximum Gasteiger partial charge on any atom is 0.298 e. The number of rotatable bonds is 10. The molecule has 3 heterocycles. The highest BCUT2D eigenvalue weighted by atomic mass is 16.6. The van der Waals surface area contributed by atoms with E-state index in [2.05, 4.69) is 0 Å². The lowest BCUT2D eigenvalue weighted by molar-refractivity contribution is -0.171. The third kappa shape index (κ3) is 4.90. The molecule has 48 heavy (non-hydrogen) atoms. The molecule has 3 aliphatic carbocycles. The van der Waals surface area contributed by atoms with Crippen molar-refractivity contribution in [3.8, 4) is 17.2 Å². The number of ketones is 2. The second-order valence-corrected chi connectivity index (χ2v) is 15.5. The van der Waals surface area contributed by atoms with Crippen LogP contribution in [0.4, 0.5) is 0 Å². The van der Waals surface area contributed by atoms with Gasteiger partial charge in [-0.05, 0) is 99.3 Å². The number of carbonyl (C=O) groups excluding carboxylic acids is 3. The Hall–Kier alpha value is -3.73. The summed E-state index contributed by atoms with van der Waals surface area (Å²) in [5.41, 5.74) is -4.01. The average Bonchev–Trinajstić information content (AvgIpc) is 3.15. The fourth-order valence-electron chi connectivity index (χ4n) is 8.33. The van der Waals surface area contributed by atoms with Gasteiger partial charge in [0.2, 0.25) is 0 Å². The number of fused-ring (bicyclic) bond motifs is 2. The van der Waals surface area contributed by atoms with E-state index in [0.717, 1.165) is 5.57 Å². The Labute approximate surface area is 281 Å². The first-order chi connectivity index (χ1) is 22.3. The molecule has 1 aromatic rings. The molecule has 10 nitrogen and oxygen atoms in total. The minimum atomic E-state index is -1.60. The molecule has 6 aliphatic rings. The first-order valence-electron chi connectivity index (χ1n) is 16.6. The molecule has 258 valence electrons. The highest BCUT2D eigenvalue weighted by Gasteiger charge is 2.81. The molecule has 2 fully saturated rings. The predicted octanol–water partition coefficient (Wildman–Crippen LogP) is 5.45. The van der Waals surface area contributed by atoms with E-state index in [1.165, 1.54) is 0 Å². The van der Waals surface area contributed by atoms with Gasteiger partial charge in [0.15, 0.2) is 22.8 Å². The Morgan fingerprint density at radius 1 is 1.12 bits per heavy atom. The molecule has 3 aliphatic heterocycles. The van der Waals surface area contributed by atoms with Crippen LogP contribution in [0.25, 0.3) is 6.08 Å². The van der Waals surface area contributed by atoms with Crippen LogP contribution in [0.1, 0.15) is 103 Å². The number of phenolic OH excluding ortho intramolecular Hbond substituents is 1. The number of hydrogen-bond donors (Lipinski definition) is 3. The third-order valence-corrected chi connectivity index (χ3v) is 10.9. The van der Waals surface area contributed by atoms with E-state index in [0.29, 0.717) is 48.2 Å². The molecule has 0 amide bonds. The fraction of sp³-hybridized carbons (Fsp3) is 0.553. The summed E-state index contributed by atoms with van der Waals surface area (Å²) in [6.07, 6.45) is 9.15. The summed E-state index contributed by atoms with van der Waals surface area (Å²) in [5, 5.41) is 32.7. The highest BCUT2D eigenvalue weighted by molar-refractivity contribution is 6.19. The van der Waals surface area contributed by atoms with Crippen molar-refractivity contribution < 1.29 is 48.7 Å². The van der Waals surface area contributed by atoms with E-state index in [-0.39, 0.29) is 41.4 Å². The average molecular weight is 663 g/mol. The van der Waals surface area contributed by atoms with Gasteiger partial charge in [-0.25, -0.2) is 0 Å². The van der Waals surface area contributed by atoms with Gasteiger partial charge in [-0.3, -0.25) is 14.4 Å². The van der Waals surface area contributed by atoms with Gasteiger partial charge in [0.25, 0.3) is 6.47 Å². The second kappa shape index (κ2) is 11.1. The van der Waals surface area contributed by atoms with Gasteiger partial charge >= 0.3 is 0 Å². The predicted molar refractivity (Wildman–Crippen MR) is 177 cm³/mol. The number of aliphatic hydroxyl groups is 2. The van der Waals surface area contributed by atoms with Crippen LogP contribution < -0.4 is 9.47 Å². The number of hydrogen-bond acceptors (Lipinski definition) is 10. The van der Waals surface area contributed by atoms with Crippen molar-refractivity contribution in [1.29, 1.82) is 0 Å². The number of benzene rings is 1. The van der Waals surface area contributed by atoms with Crippen LogP contribution >= 0.6 is 0 Å². The van der Waals surface area contributed by atoms with Gasteiger partial charge in [0, 0.05) is 29.4 Å². The Kier molecular flexibility index (Phi) is 7.93. The van der Waals surface area contributed by atoms with Gasteiger partial charge in [-0.15, -0.1) is 0 Å². The number of allylic oxidation sites excluding steroid dienone is 4. The van der Waals surface area contributed by atoms with Crippen molar-refractivity contribution in [2.45, 2.75) is 122 Å².